The van der Waals surface area contributed by atoms with Crippen LogP contribution in [0, 0.1) is 5.82 Å². The summed E-state index contributed by atoms with van der Waals surface area (Å²) in [4.78, 5) is 27.0. The zero-order valence-corrected chi connectivity index (χ0v) is 20.1. The van der Waals surface area contributed by atoms with Crippen molar-refractivity contribution < 1.29 is 14.0 Å². The van der Waals surface area contributed by atoms with Crippen LogP contribution in [-0.2, 0) is 15.0 Å². The van der Waals surface area contributed by atoms with Gasteiger partial charge in [0.05, 0.1) is 5.41 Å². The lowest BCUT2D eigenvalue weighted by molar-refractivity contribution is -0.126. The second-order valence-corrected chi connectivity index (χ2v) is 9.83. The number of likely N-dealkylation sites (tertiary alicyclic amines) is 1. The van der Waals surface area contributed by atoms with E-state index in [-0.39, 0.29) is 17.6 Å². The Balaban J connectivity index is 1.22. The van der Waals surface area contributed by atoms with Gasteiger partial charge in [0.1, 0.15) is 5.82 Å². The normalized spacial score (nSPS) is 18.5. The van der Waals surface area contributed by atoms with Crippen LogP contribution in [0.25, 0.3) is 0 Å². The molecule has 0 spiro atoms. The van der Waals surface area contributed by atoms with Crippen LogP contribution >= 0.6 is 0 Å². The molecular weight excluding hydrogens is 429 g/mol. The number of hydrogen-bond acceptors (Lipinski definition) is 3. The zero-order valence-electron chi connectivity index (χ0n) is 20.1. The van der Waals surface area contributed by atoms with Gasteiger partial charge in [-0.15, -0.1) is 0 Å². The minimum atomic E-state index is -0.502. The summed E-state index contributed by atoms with van der Waals surface area (Å²) in [5.74, 6) is 0.300. The third-order valence-electron chi connectivity index (χ3n) is 7.49. The van der Waals surface area contributed by atoms with Gasteiger partial charge in [-0.25, -0.2) is 4.39 Å². The molecule has 1 saturated heterocycles. The van der Waals surface area contributed by atoms with Crippen molar-refractivity contribution in [2.75, 3.05) is 31.5 Å². The van der Waals surface area contributed by atoms with E-state index in [1.807, 2.05) is 12.1 Å². The van der Waals surface area contributed by atoms with Gasteiger partial charge in [0.2, 0.25) is 11.8 Å². The molecule has 1 aliphatic heterocycles. The highest BCUT2D eigenvalue weighted by atomic mass is 19.1. The Morgan fingerprint density at radius 2 is 1.76 bits per heavy atom. The molecule has 0 aromatic heterocycles. The standard InChI is InChI=1S/C28H36FN3O2/c1-21(33)31-26-7-4-6-23(20-26)22-12-18-32(19-13-22)17-5-16-30-27(34)28(14-2-3-15-28)24-8-10-25(29)11-9-24/h4,6-11,20,22H,2-3,5,12-19H2,1H3,(H,30,34)(H,31,33). The summed E-state index contributed by atoms with van der Waals surface area (Å²) in [5, 5.41) is 6.05. The number of hydrogen-bond donors (Lipinski definition) is 2. The summed E-state index contributed by atoms with van der Waals surface area (Å²) in [7, 11) is 0. The molecule has 34 heavy (non-hydrogen) atoms. The van der Waals surface area contributed by atoms with Gasteiger partial charge >= 0.3 is 0 Å². The van der Waals surface area contributed by atoms with E-state index in [9.17, 15) is 14.0 Å². The lowest BCUT2D eigenvalue weighted by Gasteiger charge is -2.32. The van der Waals surface area contributed by atoms with Gasteiger partial charge in [-0.1, -0.05) is 37.1 Å². The second kappa shape index (κ2) is 11.1. The molecule has 0 bridgehead atoms. The molecule has 0 atom stereocenters. The minimum absolute atomic E-state index is 0.0458. The van der Waals surface area contributed by atoms with Crippen molar-refractivity contribution in [3.63, 3.8) is 0 Å². The van der Waals surface area contributed by atoms with E-state index in [2.05, 4.69) is 27.7 Å². The summed E-state index contributed by atoms with van der Waals surface area (Å²) >= 11 is 0. The zero-order chi connectivity index (χ0) is 24.0. The van der Waals surface area contributed by atoms with Crippen LogP contribution in [-0.4, -0.2) is 42.9 Å². The Kier molecular flexibility index (Phi) is 7.99. The van der Waals surface area contributed by atoms with Crippen molar-refractivity contribution >= 4 is 17.5 Å². The van der Waals surface area contributed by atoms with Crippen LogP contribution in [0.2, 0.25) is 0 Å². The Hall–Kier alpha value is -2.73. The largest absolute Gasteiger partial charge is 0.355 e. The number of carbonyl (C=O) groups excluding carboxylic acids is 2. The van der Waals surface area contributed by atoms with E-state index >= 15 is 0 Å². The first kappa shape index (κ1) is 24.4. The number of nitrogens with zero attached hydrogens (tertiary/aromatic N) is 1. The van der Waals surface area contributed by atoms with Crippen LogP contribution in [0.15, 0.2) is 48.5 Å². The van der Waals surface area contributed by atoms with Gasteiger partial charge < -0.3 is 15.5 Å². The van der Waals surface area contributed by atoms with Crippen LogP contribution in [0.1, 0.15) is 68.9 Å². The fourth-order valence-electron chi connectivity index (χ4n) is 5.63. The molecule has 2 aliphatic rings. The molecule has 2 amide bonds. The number of amides is 2. The van der Waals surface area contributed by atoms with Crippen molar-refractivity contribution in [1.29, 1.82) is 0 Å². The monoisotopic (exact) mass is 465 g/mol. The molecule has 2 aromatic carbocycles. The highest BCUT2D eigenvalue weighted by molar-refractivity contribution is 5.89. The average molecular weight is 466 g/mol. The maximum absolute atomic E-state index is 13.4. The molecule has 2 N–H and O–H groups in total. The van der Waals surface area contributed by atoms with Gasteiger partial charge in [0.25, 0.3) is 0 Å². The molecule has 2 fully saturated rings. The molecule has 0 radical (unpaired) electrons. The van der Waals surface area contributed by atoms with Gasteiger partial charge in [-0.2, -0.15) is 0 Å². The Morgan fingerprint density at radius 3 is 2.44 bits per heavy atom. The fourth-order valence-corrected chi connectivity index (χ4v) is 5.63. The van der Waals surface area contributed by atoms with Crippen LogP contribution in [0.4, 0.5) is 10.1 Å². The van der Waals surface area contributed by atoms with E-state index in [1.165, 1.54) is 24.6 Å². The number of benzene rings is 2. The third-order valence-corrected chi connectivity index (χ3v) is 7.49. The first-order valence-electron chi connectivity index (χ1n) is 12.6. The van der Waals surface area contributed by atoms with Crippen molar-refractivity contribution in [1.82, 2.24) is 10.2 Å². The number of piperidine rings is 1. The molecule has 0 unspecified atom stereocenters. The highest BCUT2D eigenvalue weighted by Crippen LogP contribution is 2.41. The lowest BCUT2D eigenvalue weighted by atomic mass is 9.78. The molecule has 5 nitrogen and oxygen atoms in total. The number of carbonyl (C=O) groups is 2. The van der Waals surface area contributed by atoms with Gasteiger partial charge in [-0.05, 0) is 93.0 Å². The first-order valence-corrected chi connectivity index (χ1v) is 12.6. The highest BCUT2D eigenvalue weighted by Gasteiger charge is 2.42. The van der Waals surface area contributed by atoms with Crippen LogP contribution < -0.4 is 10.6 Å². The predicted molar refractivity (Wildman–Crippen MR) is 133 cm³/mol. The third kappa shape index (κ3) is 5.84. The van der Waals surface area contributed by atoms with Crippen molar-refractivity contribution in [2.24, 2.45) is 0 Å². The van der Waals surface area contributed by atoms with E-state index in [1.54, 1.807) is 12.1 Å². The summed E-state index contributed by atoms with van der Waals surface area (Å²) in [6.07, 6.45) is 6.87. The van der Waals surface area contributed by atoms with Gasteiger partial charge in [0.15, 0.2) is 0 Å². The molecule has 2 aromatic rings. The Morgan fingerprint density at radius 1 is 1.06 bits per heavy atom. The summed E-state index contributed by atoms with van der Waals surface area (Å²) in [5.41, 5.74) is 2.59. The van der Waals surface area contributed by atoms with Crippen molar-refractivity contribution in [3.8, 4) is 0 Å². The molecule has 1 saturated carbocycles. The Bertz CT molecular complexity index is 977. The maximum atomic E-state index is 13.4. The van der Waals surface area contributed by atoms with Crippen LogP contribution in [0.3, 0.4) is 0 Å². The SMILES string of the molecule is CC(=O)Nc1cccc(C2CCN(CCCNC(=O)C3(c4ccc(F)cc4)CCCC3)CC2)c1. The molecule has 6 heteroatoms. The topological polar surface area (TPSA) is 61.4 Å². The maximum Gasteiger partial charge on any atom is 0.230 e. The number of anilines is 1. The van der Waals surface area contributed by atoms with Gasteiger partial charge in [-0.3, -0.25) is 9.59 Å². The van der Waals surface area contributed by atoms with E-state index in [0.29, 0.717) is 12.5 Å². The van der Waals surface area contributed by atoms with Gasteiger partial charge in [0, 0.05) is 19.2 Å². The second-order valence-electron chi connectivity index (χ2n) is 9.83. The lowest BCUT2D eigenvalue weighted by Crippen LogP contribution is -2.43. The van der Waals surface area contributed by atoms with Crippen molar-refractivity contribution in [2.45, 2.75) is 63.2 Å². The molecule has 1 aliphatic carbocycles. The average Bonchev–Trinajstić information content (AvgIpc) is 3.34. The Labute approximate surface area is 202 Å². The predicted octanol–water partition coefficient (Wildman–Crippen LogP) is 4.98. The summed E-state index contributed by atoms with van der Waals surface area (Å²) in [6.45, 7) is 5.26. The van der Waals surface area contributed by atoms with E-state index in [0.717, 1.165) is 75.8 Å². The smallest absolute Gasteiger partial charge is 0.230 e. The fraction of sp³-hybridized carbons (Fsp3) is 0.500. The molecular formula is C28H36FN3O2. The number of nitrogens with one attached hydrogen (secondary N) is 2. The van der Waals surface area contributed by atoms with E-state index < -0.39 is 5.41 Å². The molecule has 182 valence electrons. The quantitative estimate of drug-likeness (QED) is 0.541. The molecule has 4 rings (SSSR count). The minimum Gasteiger partial charge on any atom is -0.355 e. The number of rotatable bonds is 8. The van der Waals surface area contributed by atoms with Crippen molar-refractivity contribution in [3.05, 3.63) is 65.5 Å². The van der Waals surface area contributed by atoms with E-state index in [4.69, 9.17) is 0 Å². The summed E-state index contributed by atoms with van der Waals surface area (Å²) in [6, 6.07) is 14.7. The molecule has 1 heterocycles. The first-order chi connectivity index (χ1) is 16.5. The van der Waals surface area contributed by atoms with Crippen LogP contribution in [0.5, 0.6) is 0 Å². The number of halogens is 1. The summed E-state index contributed by atoms with van der Waals surface area (Å²) < 4.78 is 13.4.